The Labute approximate surface area is 110 Å². The van der Waals surface area contributed by atoms with Crippen molar-refractivity contribution in [3.05, 3.63) is 23.8 Å². The number of hydrogen-bond donors (Lipinski definition) is 0. The smallest absolute Gasteiger partial charge is 0.348 e. The number of nitrogens with zero attached hydrogens (tertiary/aromatic N) is 1. The van der Waals surface area contributed by atoms with Crippen molar-refractivity contribution in [1.82, 2.24) is 0 Å². The summed E-state index contributed by atoms with van der Waals surface area (Å²) in [6, 6.07) is 1.86. The average Bonchev–Trinajstić information content (AvgIpc) is 2.39. The first-order chi connectivity index (χ1) is 8.69. The molecule has 18 heavy (non-hydrogen) atoms. The molecule has 0 aliphatic carbocycles. The number of carbonyl (C=O) groups excluding carboxylic acids is 1. The molecule has 0 radical (unpaired) electrons. The SMILES string of the molecule is C/C=C/C=C(\C#N)C(=O)OCC(CC)CCCC. The van der Waals surface area contributed by atoms with E-state index in [1.807, 2.05) is 13.0 Å². The molecule has 3 heteroatoms. The molecule has 0 spiro atoms. The number of carbonyl (C=O) groups is 1. The lowest BCUT2D eigenvalue weighted by Crippen LogP contribution is -2.14. The van der Waals surface area contributed by atoms with Crippen LogP contribution in [0.15, 0.2) is 23.8 Å². The monoisotopic (exact) mass is 249 g/mol. The molecule has 0 bridgehead atoms. The Hall–Kier alpha value is -1.56. The van der Waals surface area contributed by atoms with Crippen molar-refractivity contribution in [2.75, 3.05) is 6.61 Å². The van der Waals surface area contributed by atoms with Gasteiger partial charge in [-0.05, 0) is 25.3 Å². The summed E-state index contributed by atoms with van der Waals surface area (Å²) in [5, 5.41) is 8.83. The Morgan fingerprint density at radius 1 is 1.44 bits per heavy atom. The molecular weight excluding hydrogens is 226 g/mol. The van der Waals surface area contributed by atoms with Gasteiger partial charge in [0.1, 0.15) is 11.6 Å². The number of ether oxygens (including phenoxy) is 1. The second-order valence-corrected chi connectivity index (χ2v) is 4.23. The van der Waals surface area contributed by atoms with Gasteiger partial charge < -0.3 is 4.74 Å². The van der Waals surface area contributed by atoms with Gasteiger partial charge in [0.25, 0.3) is 0 Å². The predicted molar refractivity (Wildman–Crippen MR) is 72.8 cm³/mol. The quantitative estimate of drug-likeness (QED) is 0.285. The first-order valence-corrected chi connectivity index (χ1v) is 6.59. The topological polar surface area (TPSA) is 50.1 Å². The summed E-state index contributed by atoms with van der Waals surface area (Å²) in [6.45, 7) is 6.47. The number of rotatable bonds is 8. The van der Waals surface area contributed by atoms with Gasteiger partial charge >= 0.3 is 5.97 Å². The Kier molecular flexibility index (Phi) is 9.67. The van der Waals surface area contributed by atoms with E-state index in [-0.39, 0.29) is 5.57 Å². The van der Waals surface area contributed by atoms with Gasteiger partial charge in [-0.15, -0.1) is 0 Å². The van der Waals surface area contributed by atoms with Gasteiger partial charge in [0.05, 0.1) is 6.61 Å². The lowest BCUT2D eigenvalue weighted by Gasteiger charge is -2.14. The zero-order chi connectivity index (χ0) is 13.8. The number of nitriles is 1. The maximum atomic E-state index is 11.6. The van der Waals surface area contributed by atoms with Crippen molar-refractivity contribution < 1.29 is 9.53 Å². The van der Waals surface area contributed by atoms with E-state index in [1.165, 1.54) is 6.08 Å². The third-order valence-electron chi connectivity index (χ3n) is 2.79. The highest BCUT2D eigenvalue weighted by Crippen LogP contribution is 2.13. The maximum absolute atomic E-state index is 11.6. The van der Waals surface area contributed by atoms with Crippen LogP contribution in [0.25, 0.3) is 0 Å². The van der Waals surface area contributed by atoms with E-state index in [1.54, 1.807) is 12.2 Å². The number of esters is 1. The van der Waals surface area contributed by atoms with Crippen LogP contribution in [-0.2, 0) is 9.53 Å². The molecule has 100 valence electrons. The molecule has 1 atom stereocenters. The van der Waals surface area contributed by atoms with Gasteiger partial charge in [-0.2, -0.15) is 5.26 Å². The van der Waals surface area contributed by atoms with E-state index in [2.05, 4.69) is 13.8 Å². The summed E-state index contributed by atoms with van der Waals surface area (Å²) < 4.78 is 5.18. The molecule has 0 aromatic rings. The minimum Gasteiger partial charge on any atom is -0.461 e. The average molecular weight is 249 g/mol. The third-order valence-corrected chi connectivity index (χ3v) is 2.79. The highest BCUT2D eigenvalue weighted by molar-refractivity contribution is 5.93. The Morgan fingerprint density at radius 3 is 2.67 bits per heavy atom. The molecular formula is C15H23NO2. The summed E-state index contributed by atoms with van der Waals surface area (Å²) in [7, 11) is 0. The van der Waals surface area contributed by atoms with Crippen LogP contribution in [0.4, 0.5) is 0 Å². The van der Waals surface area contributed by atoms with E-state index in [9.17, 15) is 4.79 Å². The first-order valence-electron chi connectivity index (χ1n) is 6.59. The number of hydrogen-bond acceptors (Lipinski definition) is 3. The molecule has 0 saturated carbocycles. The second kappa shape index (κ2) is 10.6. The fourth-order valence-corrected chi connectivity index (χ4v) is 1.51. The Bertz CT molecular complexity index is 337. The summed E-state index contributed by atoms with van der Waals surface area (Å²) in [5.74, 6) is -0.124. The minimum atomic E-state index is -0.523. The van der Waals surface area contributed by atoms with Gasteiger partial charge in [0.2, 0.25) is 0 Å². The molecule has 3 nitrogen and oxygen atoms in total. The van der Waals surface area contributed by atoms with E-state index < -0.39 is 5.97 Å². The van der Waals surface area contributed by atoms with Gasteiger partial charge in [-0.3, -0.25) is 0 Å². The maximum Gasteiger partial charge on any atom is 0.348 e. The standard InChI is InChI=1S/C15H23NO2/c1-4-7-9-13(6-3)12-18-15(17)14(11-16)10-8-5-2/h5,8,10,13H,4,6-7,9,12H2,1-3H3/b8-5+,14-10+. The third kappa shape index (κ3) is 6.90. The van der Waals surface area contributed by atoms with E-state index >= 15 is 0 Å². The summed E-state index contributed by atoms with van der Waals surface area (Å²) in [6.07, 6.45) is 9.27. The van der Waals surface area contributed by atoms with Crippen molar-refractivity contribution in [2.45, 2.75) is 46.5 Å². The summed E-state index contributed by atoms with van der Waals surface area (Å²) in [4.78, 5) is 11.6. The molecule has 0 N–H and O–H groups in total. The second-order valence-electron chi connectivity index (χ2n) is 4.23. The van der Waals surface area contributed by atoms with Crippen LogP contribution in [0, 0.1) is 17.2 Å². The van der Waals surface area contributed by atoms with Crippen LogP contribution >= 0.6 is 0 Å². The predicted octanol–water partition coefficient (Wildman–Crippen LogP) is 3.77. The van der Waals surface area contributed by atoms with Crippen LogP contribution in [0.3, 0.4) is 0 Å². The van der Waals surface area contributed by atoms with Crippen molar-refractivity contribution in [1.29, 1.82) is 5.26 Å². The molecule has 1 unspecified atom stereocenters. The molecule has 0 aliphatic heterocycles. The van der Waals surface area contributed by atoms with Crippen LogP contribution in [0.1, 0.15) is 46.5 Å². The van der Waals surface area contributed by atoms with Gasteiger partial charge in [-0.25, -0.2) is 4.79 Å². The molecule has 0 rings (SSSR count). The van der Waals surface area contributed by atoms with E-state index in [0.717, 1.165) is 25.7 Å². The molecule has 0 heterocycles. The zero-order valence-corrected chi connectivity index (χ0v) is 11.6. The fourth-order valence-electron chi connectivity index (χ4n) is 1.51. The van der Waals surface area contributed by atoms with Gasteiger partial charge in [0.15, 0.2) is 0 Å². The molecule has 0 aromatic heterocycles. The van der Waals surface area contributed by atoms with Crippen molar-refractivity contribution in [3.8, 4) is 6.07 Å². The highest BCUT2D eigenvalue weighted by atomic mass is 16.5. The fraction of sp³-hybridized carbons (Fsp3) is 0.600. The van der Waals surface area contributed by atoms with Crippen LogP contribution < -0.4 is 0 Å². The molecule has 0 saturated heterocycles. The molecule has 0 fully saturated rings. The molecule has 0 aliphatic rings. The lowest BCUT2D eigenvalue weighted by atomic mass is 10.0. The zero-order valence-electron chi connectivity index (χ0n) is 11.6. The van der Waals surface area contributed by atoms with Crippen molar-refractivity contribution >= 4 is 5.97 Å². The van der Waals surface area contributed by atoms with E-state index in [0.29, 0.717) is 12.5 Å². The first kappa shape index (κ1) is 16.4. The van der Waals surface area contributed by atoms with Crippen molar-refractivity contribution in [2.24, 2.45) is 5.92 Å². The Morgan fingerprint density at radius 2 is 2.17 bits per heavy atom. The number of allylic oxidation sites excluding steroid dienone is 3. The highest BCUT2D eigenvalue weighted by Gasteiger charge is 2.13. The normalized spacial score (nSPS) is 13.3. The van der Waals surface area contributed by atoms with E-state index in [4.69, 9.17) is 10.00 Å². The van der Waals surface area contributed by atoms with Crippen LogP contribution in [0.2, 0.25) is 0 Å². The largest absolute Gasteiger partial charge is 0.461 e. The van der Waals surface area contributed by atoms with Gasteiger partial charge in [-0.1, -0.05) is 45.3 Å². The molecule has 0 amide bonds. The summed E-state index contributed by atoms with van der Waals surface area (Å²) in [5.41, 5.74) is 0.0541. The minimum absolute atomic E-state index is 0.0541. The van der Waals surface area contributed by atoms with Crippen LogP contribution in [-0.4, -0.2) is 12.6 Å². The Balaban J connectivity index is 4.26. The number of unbranched alkanes of at least 4 members (excludes halogenated alkanes) is 1. The van der Waals surface area contributed by atoms with Crippen LogP contribution in [0.5, 0.6) is 0 Å². The summed E-state index contributed by atoms with van der Waals surface area (Å²) >= 11 is 0. The lowest BCUT2D eigenvalue weighted by molar-refractivity contribution is -0.140. The van der Waals surface area contributed by atoms with Crippen molar-refractivity contribution in [3.63, 3.8) is 0 Å². The van der Waals surface area contributed by atoms with Gasteiger partial charge in [0, 0.05) is 0 Å². The molecule has 0 aromatic carbocycles.